The quantitative estimate of drug-likeness (QED) is 0.864. The highest BCUT2D eigenvalue weighted by Crippen LogP contribution is 2.25. The van der Waals surface area contributed by atoms with Crippen molar-refractivity contribution in [2.45, 2.75) is 19.1 Å². The molecule has 120 valence electrons. The van der Waals surface area contributed by atoms with Gasteiger partial charge in [0.05, 0.1) is 15.8 Å². The molecule has 1 heterocycles. The fourth-order valence-electron chi connectivity index (χ4n) is 2.36. The summed E-state index contributed by atoms with van der Waals surface area (Å²) in [6.45, 7) is 1.31. The fourth-order valence-corrected chi connectivity index (χ4v) is 2.66. The van der Waals surface area contributed by atoms with Crippen molar-refractivity contribution in [3.8, 4) is 0 Å². The van der Waals surface area contributed by atoms with Crippen molar-refractivity contribution >= 4 is 28.9 Å². The van der Waals surface area contributed by atoms with Crippen LogP contribution in [-0.2, 0) is 11.4 Å². The lowest BCUT2D eigenvalue weighted by Gasteiger charge is -2.10. The molecule has 0 amide bonds. The molecule has 2 aromatic carbocycles. The van der Waals surface area contributed by atoms with Crippen molar-refractivity contribution < 1.29 is 9.23 Å². The highest BCUT2D eigenvalue weighted by molar-refractivity contribution is 6.42. The fraction of sp³-hybridized carbons (Fsp3) is 0.235. The van der Waals surface area contributed by atoms with Crippen LogP contribution in [-0.4, -0.2) is 18.4 Å². The van der Waals surface area contributed by atoms with E-state index < -0.39 is 0 Å². The SMILES string of the molecule is Fc1ccc(CNC[C@H]2CC(c3ccc(Cl)c(Cl)c3)=NO2)cc1. The van der Waals surface area contributed by atoms with Gasteiger partial charge < -0.3 is 10.2 Å². The predicted octanol–water partition coefficient (Wildman–Crippen LogP) is 4.42. The normalized spacial score (nSPS) is 17.0. The first-order valence-electron chi connectivity index (χ1n) is 7.25. The van der Waals surface area contributed by atoms with E-state index in [1.807, 2.05) is 6.07 Å². The molecule has 1 aliphatic rings. The molecule has 0 spiro atoms. The van der Waals surface area contributed by atoms with Gasteiger partial charge in [0.25, 0.3) is 0 Å². The Labute approximate surface area is 144 Å². The van der Waals surface area contributed by atoms with Crippen LogP contribution in [0.4, 0.5) is 4.39 Å². The van der Waals surface area contributed by atoms with Crippen LogP contribution in [0.15, 0.2) is 47.6 Å². The first-order valence-corrected chi connectivity index (χ1v) is 8.00. The summed E-state index contributed by atoms with van der Waals surface area (Å²) in [4.78, 5) is 5.44. The molecule has 1 aliphatic heterocycles. The lowest BCUT2D eigenvalue weighted by Crippen LogP contribution is -2.26. The second-order valence-corrected chi connectivity index (χ2v) is 6.17. The molecular formula is C17H15Cl2FN2O. The van der Waals surface area contributed by atoms with Crippen LogP contribution in [0.25, 0.3) is 0 Å². The topological polar surface area (TPSA) is 33.6 Å². The summed E-state index contributed by atoms with van der Waals surface area (Å²) < 4.78 is 12.8. The maximum absolute atomic E-state index is 12.8. The molecule has 0 fully saturated rings. The monoisotopic (exact) mass is 352 g/mol. The zero-order chi connectivity index (χ0) is 16.2. The van der Waals surface area contributed by atoms with E-state index >= 15 is 0 Å². The van der Waals surface area contributed by atoms with Crippen LogP contribution in [0.1, 0.15) is 17.5 Å². The van der Waals surface area contributed by atoms with Crippen molar-refractivity contribution in [3.63, 3.8) is 0 Å². The van der Waals surface area contributed by atoms with E-state index in [0.717, 1.165) is 16.8 Å². The number of rotatable bonds is 5. The van der Waals surface area contributed by atoms with E-state index in [1.165, 1.54) is 12.1 Å². The van der Waals surface area contributed by atoms with E-state index in [2.05, 4.69) is 10.5 Å². The molecule has 0 aromatic heterocycles. The largest absolute Gasteiger partial charge is 0.390 e. The van der Waals surface area contributed by atoms with Crippen molar-refractivity contribution in [3.05, 3.63) is 69.5 Å². The Balaban J connectivity index is 1.49. The summed E-state index contributed by atoms with van der Waals surface area (Å²) in [5.41, 5.74) is 2.80. The number of halogens is 3. The molecule has 0 saturated carbocycles. The Bertz CT molecular complexity index is 719. The molecule has 3 rings (SSSR count). The van der Waals surface area contributed by atoms with Crippen LogP contribution in [0.2, 0.25) is 10.0 Å². The van der Waals surface area contributed by atoms with Crippen molar-refractivity contribution in [1.29, 1.82) is 0 Å². The van der Waals surface area contributed by atoms with Crippen molar-refractivity contribution in [2.75, 3.05) is 6.54 Å². The third-order valence-corrected chi connectivity index (χ3v) is 4.34. The zero-order valence-electron chi connectivity index (χ0n) is 12.2. The van der Waals surface area contributed by atoms with Gasteiger partial charge in [0.1, 0.15) is 11.9 Å². The van der Waals surface area contributed by atoms with Gasteiger partial charge in [-0.05, 0) is 29.8 Å². The Morgan fingerprint density at radius 1 is 1.13 bits per heavy atom. The minimum absolute atomic E-state index is 0.0279. The van der Waals surface area contributed by atoms with Gasteiger partial charge in [-0.15, -0.1) is 0 Å². The molecule has 1 N–H and O–H groups in total. The third kappa shape index (κ3) is 4.22. The molecule has 23 heavy (non-hydrogen) atoms. The molecule has 0 bridgehead atoms. The standard InChI is InChI=1S/C17H15Cl2FN2O/c18-15-6-3-12(7-16(15)19)17-8-14(23-22-17)10-21-9-11-1-4-13(20)5-2-11/h1-7,14,21H,8-10H2/t14-/m1/s1. The van der Waals surface area contributed by atoms with Gasteiger partial charge in [0.15, 0.2) is 0 Å². The van der Waals surface area contributed by atoms with E-state index in [9.17, 15) is 4.39 Å². The lowest BCUT2D eigenvalue weighted by atomic mass is 10.1. The van der Waals surface area contributed by atoms with Gasteiger partial charge in [0.2, 0.25) is 0 Å². The molecule has 1 atom stereocenters. The molecule has 0 unspecified atom stereocenters. The van der Waals surface area contributed by atoms with Crippen molar-refractivity contribution in [1.82, 2.24) is 5.32 Å². The second-order valence-electron chi connectivity index (χ2n) is 5.36. The van der Waals surface area contributed by atoms with E-state index in [0.29, 0.717) is 29.6 Å². The lowest BCUT2D eigenvalue weighted by molar-refractivity contribution is 0.0848. The van der Waals surface area contributed by atoms with Crippen LogP contribution in [0, 0.1) is 5.82 Å². The minimum atomic E-state index is -0.229. The van der Waals surface area contributed by atoms with Crippen LogP contribution in [0.3, 0.4) is 0 Å². The molecule has 2 aromatic rings. The van der Waals surface area contributed by atoms with Crippen LogP contribution in [0.5, 0.6) is 0 Å². The van der Waals surface area contributed by atoms with E-state index in [4.69, 9.17) is 28.0 Å². The Morgan fingerprint density at radius 3 is 2.65 bits per heavy atom. The molecule has 6 heteroatoms. The van der Waals surface area contributed by atoms with Gasteiger partial charge in [-0.1, -0.05) is 46.6 Å². The Hall–Kier alpha value is -1.62. The number of nitrogens with zero attached hydrogens (tertiary/aromatic N) is 1. The first kappa shape index (κ1) is 16.2. The molecule has 0 radical (unpaired) electrons. The second kappa shape index (κ2) is 7.30. The average Bonchev–Trinajstić information content (AvgIpc) is 3.01. The van der Waals surface area contributed by atoms with Gasteiger partial charge in [-0.3, -0.25) is 0 Å². The Morgan fingerprint density at radius 2 is 1.91 bits per heavy atom. The zero-order valence-corrected chi connectivity index (χ0v) is 13.7. The number of hydrogen-bond donors (Lipinski definition) is 1. The highest BCUT2D eigenvalue weighted by Gasteiger charge is 2.22. The molecular weight excluding hydrogens is 338 g/mol. The summed E-state index contributed by atoms with van der Waals surface area (Å²) in [5, 5.41) is 8.43. The summed E-state index contributed by atoms with van der Waals surface area (Å²) in [5.74, 6) is -0.229. The number of nitrogens with one attached hydrogen (secondary N) is 1. The van der Waals surface area contributed by atoms with E-state index in [-0.39, 0.29) is 11.9 Å². The smallest absolute Gasteiger partial charge is 0.145 e. The highest BCUT2D eigenvalue weighted by atomic mass is 35.5. The van der Waals surface area contributed by atoms with Gasteiger partial charge in [0, 0.05) is 25.1 Å². The summed E-state index contributed by atoms with van der Waals surface area (Å²) >= 11 is 11.9. The number of benzene rings is 2. The molecule has 0 saturated heterocycles. The van der Waals surface area contributed by atoms with Crippen LogP contribution < -0.4 is 5.32 Å². The third-order valence-electron chi connectivity index (χ3n) is 3.60. The molecule has 3 nitrogen and oxygen atoms in total. The summed E-state index contributed by atoms with van der Waals surface area (Å²) in [6, 6.07) is 11.8. The average molecular weight is 353 g/mol. The number of hydrogen-bond acceptors (Lipinski definition) is 3. The predicted molar refractivity (Wildman–Crippen MR) is 90.6 cm³/mol. The summed E-state index contributed by atoms with van der Waals surface area (Å²) in [7, 11) is 0. The Kier molecular flexibility index (Phi) is 5.16. The van der Waals surface area contributed by atoms with Gasteiger partial charge >= 0.3 is 0 Å². The molecule has 0 aliphatic carbocycles. The van der Waals surface area contributed by atoms with Crippen molar-refractivity contribution in [2.24, 2.45) is 5.16 Å². The maximum Gasteiger partial charge on any atom is 0.145 e. The van der Waals surface area contributed by atoms with Gasteiger partial charge in [-0.25, -0.2) is 4.39 Å². The first-order chi connectivity index (χ1) is 11.1. The summed E-state index contributed by atoms with van der Waals surface area (Å²) in [6.07, 6.45) is 0.675. The van der Waals surface area contributed by atoms with Gasteiger partial charge in [-0.2, -0.15) is 0 Å². The number of oxime groups is 1. The van der Waals surface area contributed by atoms with E-state index in [1.54, 1.807) is 24.3 Å². The van der Waals surface area contributed by atoms with Crippen LogP contribution >= 0.6 is 23.2 Å². The minimum Gasteiger partial charge on any atom is -0.390 e. The maximum atomic E-state index is 12.8.